The second-order valence-electron chi connectivity index (χ2n) is 5.00. The highest BCUT2D eigenvalue weighted by Crippen LogP contribution is 2.43. The highest BCUT2D eigenvalue weighted by molar-refractivity contribution is 9.10. The van der Waals surface area contributed by atoms with E-state index in [1.165, 1.54) is 12.8 Å². The molecule has 20 heavy (non-hydrogen) atoms. The van der Waals surface area contributed by atoms with Crippen LogP contribution in [0.5, 0.6) is 0 Å². The summed E-state index contributed by atoms with van der Waals surface area (Å²) in [5.41, 5.74) is 8.08. The first-order chi connectivity index (χ1) is 9.61. The Kier molecular flexibility index (Phi) is 3.61. The molecule has 2 N–H and O–H groups in total. The summed E-state index contributed by atoms with van der Waals surface area (Å²) in [5.74, 6) is 2.30. The Labute approximate surface area is 131 Å². The summed E-state index contributed by atoms with van der Waals surface area (Å²) < 4.78 is 2.96. The minimum atomic E-state index is 0.539. The fourth-order valence-electron chi connectivity index (χ4n) is 2.34. The fourth-order valence-corrected chi connectivity index (χ4v) is 3.21. The fraction of sp³-hybridized carbons (Fsp3) is 0.267. The van der Waals surface area contributed by atoms with Crippen molar-refractivity contribution >= 4 is 33.3 Å². The van der Waals surface area contributed by atoms with E-state index in [1.54, 1.807) is 0 Å². The van der Waals surface area contributed by atoms with E-state index in [-0.39, 0.29) is 0 Å². The molecule has 0 unspecified atom stereocenters. The van der Waals surface area contributed by atoms with Crippen LogP contribution in [0.3, 0.4) is 0 Å². The molecule has 1 aliphatic rings. The minimum absolute atomic E-state index is 0.539. The molecule has 1 aromatic carbocycles. The van der Waals surface area contributed by atoms with Crippen LogP contribution in [-0.2, 0) is 6.54 Å². The van der Waals surface area contributed by atoms with Gasteiger partial charge in [0.1, 0.15) is 17.3 Å². The van der Waals surface area contributed by atoms with Gasteiger partial charge < -0.3 is 10.3 Å². The van der Waals surface area contributed by atoms with Crippen LogP contribution < -0.4 is 5.73 Å². The lowest BCUT2D eigenvalue weighted by Crippen LogP contribution is -2.05. The molecule has 1 saturated carbocycles. The normalized spacial score (nSPS) is 14.5. The van der Waals surface area contributed by atoms with Crippen LogP contribution in [0.2, 0.25) is 5.02 Å². The van der Waals surface area contributed by atoms with Crippen LogP contribution in [0.1, 0.15) is 24.6 Å². The van der Waals surface area contributed by atoms with Crippen molar-refractivity contribution in [1.29, 1.82) is 0 Å². The molecule has 0 radical (unpaired) electrons. The summed E-state index contributed by atoms with van der Waals surface area (Å²) in [4.78, 5) is 4.77. The van der Waals surface area contributed by atoms with Crippen LogP contribution in [0.15, 0.2) is 35.3 Å². The number of hydrogen-bond acceptors (Lipinski definition) is 2. The minimum Gasteiger partial charge on any atom is -0.383 e. The van der Waals surface area contributed by atoms with Crippen molar-refractivity contribution in [3.05, 3.63) is 46.2 Å². The molecule has 2 aromatic rings. The molecule has 0 amide bonds. The molecule has 1 fully saturated rings. The molecule has 3 nitrogen and oxygen atoms in total. The number of rotatable bonds is 4. The number of halogens is 2. The molecule has 1 aliphatic carbocycles. The Morgan fingerprint density at radius 1 is 1.50 bits per heavy atom. The number of aromatic nitrogens is 2. The molecule has 5 heteroatoms. The largest absolute Gasteiger partial charge is 0.383 e. The molecule has 0 atom stereocenters. The predicted molar refractivity (Wildman–Crippen MR) is 87.0 cm³/mol. The standard InChI is InChI=1S/C15H15BrClN3/c1-2-7-20-14(18)13(19-15(20)9-3-4-9)11-6-5-10(17)8-12(11)16/h2,5-6,8-9H,1,3-4,7,18H2. The molecular weight excluding hydrogens is 338 g/mol. The van der Waals surface area contributed by atoms with Crippen LogP contribution in [0.25, 0.3) is 11.3 Å². The van der Waals surface area contributed by atoms with Gasteiger partial charge in [-0.2, -0.15) is 0 Å². The van der Waals surface area contributed by atoms with Gasteiger partial charge in [0, 0.05) is 27.5 Å². The maximum Gasteiger partial charge on any atom is 0.132 e. The summed E-state index contributed by atoms with van der Waals surface area (Å²) in [7, 11) is 0. The number of nitrogen functional groups attached to an aromatic ring is 1. The van der Waals surface area contributed by atoms with E-state index in [2.05, 4.69) is 27.1 Å². The Morgan fingerprint density at radius 3 is 2.85 bits per heavy atom. The summed E-state index contributed by atoms with van der Waals surface area (Å²) in [5, 5.41) is 0.687. The van der Waals surface area contributed by atoms with Crippen LogP contribution >= 0.6 is 27.5 Å². The maximum absolute atomic E-state index is 6.29. The van der Waals surface area contributed by atoms with Crippen molar-refractivity contribution < 1.29 is 0 Å². The van der Waals surface area contributed by atoms with Gasteiger partial charge in [0.15, 0.2) is 0 Å². The molecule has 0 saturated heterocycles. The van der Waals surface area contributed by atoms with Gasteiger partial charge in [-0.15, -0.1) is 6.58 Å². The molecular formula is C15H15BrClN3. The van der Waals surface area contributed by atoms with Gasteiger partial charge in [-0.1, -0.05) is 39.7 Å². The zero-order chi connectivity index (χ0) is 14.3. The van der Waals surface area contributed by atoms with Crippen molar-refractivity contribution in [3.8, 4) is 11.3 Å². The third-order valence-electron chi connectivity index (χ3n) is 3.48. The lowest BCUT2D eigenvalue weighted by Gasteiger charge is -2.06. The third-order valence-corrected chi connectivity index (χ3v) is 4.37. The van der Waals surface area contributed by atoms with Gasteiger partial charge in [0.2, 0.25) is 0 Å². The number of benzene rings is 1. The first-order valence-corrected chi connectivity index (χ1v) is 7.71. The van der Waals surface area contributed by atoms with Crippen molar-refractivity contribution in [2.75, 3.05) is 5.73 Å². The Hall–Kier alpha value is -1.26. The van der Waals surface area contributed by atoms with Crippen molar-refractivity contribution in [1.82, 2.24) is 9.55 Å². The second-order valence-corrected chi connectivity index (χ2v) is 6.29. The van der Waals surface area contributed by atoms with E-state index < -0.39 is 0 Å². The van der Waals surface area contributed by atoms with Crippen molar-refractivity contribution in [2.45, 2.75) is 25.3 Å². The highest BCUT2D eigenvalue weighted by atomic mass is 79.9. The molecule has 1 aromatic heterocycles. The quantitative estimate of drug-likeness (QED) is 0.816. The molecule has 104 valence electrons. The second kappa shape index (κ2) is 5.26. The molecule has 0 aliphatic heterocycles. The summed E-state index contributed by atoms with van der Waals surface area (Å²) in [6, 6.07) is 5.66. The van der Waals surface area contributed by atoms with Gasteiger partial charge in [0.25, 0.3) is 0 Å². The van der Waals surface area contributed by atoms with E-state index in [4.69, 9.17) is 22.3 Å². The number of nitrogens with two attached hydrogens (primary N) is 1. The first-order valence-electron chi connectivity index (χ1n) is 6.54. The first kappa shape index (κ1) is 13.7. The van der Waals surface area contributed by atoms with Crippen molar-refractivity contribution in [3.63, 3.8) is 0 Å². The lowest BCUT2D eigenvalue weighted by atomic mass is 10.1. The van der Waals surface area contributed by atoms with E-state index in [1.807, 2.05) is 24.3 Å². The molecule has 3 rings (SSSR count). The summed E-state index contributed by atoms with van der Waals surface area (Å²) in [6.45, 7) is 4.49. The van der Waals surface area contributed by atoms with E-state index >= 15 is 0 Å². The number of anilines is 1. The zero-order valence-corrected chi connectivity index (χ0v) is 13.3. The maximum atomic E-state index is 6.29. The number of imidazole rings is 1. The van der Waals surface area contributed by atoms with E-state index in [0.717, 1.165) is 21.6 Å². The monoisotopic (exact) mass is 351 g/mol. The average molecular weight is 353 g/mol. The Bertz CT molecular complexity index is 674. The summed E-state index contributed by atoms with van der Waals surface area (Å²) in [6.07, 6.45) is 4.23. The summed E-state index contributed by atoms with van der Waals surface area (Å²) >= 11 is 9.52. The molecule has 1 heterocycles. The van der Waals surface area contributed by atoms with Gasteiger partial charge in [-0.25, -0.2) is 4.98 Å². The number of allylic oxidation sites excluding steroid dienone is 1. The molecule has 0 spiro atoms. The van der Waals surface area contributed by atoms with Gasteiger partial charge in [0.05, 0.1) is 0 Å². The van der Waals surface area contributed by atoms with E-state index in [9.17, 15) is 0 Å². The topological polar surface area (TPSA) is 43.8 Å². The molecule has 0 bridgehead atoms. The van der Waals surface area contributed by atoms with Gasteiger partial charge in [-0.3, -0.25) is 0 Å². The SMILES string of the molecule is C=CCn1c(C2CC2)nc(-c2ccc(Cl)cc2Br)c1N. The van der Waals surface area contributed by atoms with Crippen molar-refractivity contribution in [2.24, 2.45) is 0 Å². The zero-order valence-electron chi connectivity index (χ0n) is 10.9. The van der Waals surface area contributed by atoms with Gasteiger partial charge >= 0.3 is 0 Å². The van der Waals surface area contributed by atoms with Crippen LogP contribution in [0.4, 0.5) is 5.82 Å². The average Bonchev–Trinajstić information content (AvgIpc) is 3.19. The Morgan fingerprint density at radius 2 is 2.25 bits per heavy atom. The van der Waals surface area contributed by atoms with E-state index in [0.29, 0.717) is 23.3 Å². The lowest BCUT2D eigenvalue weighted by molar-refractivity contribution is 0.750. The smallest absolute Gasteiger partial charge is 0.132 e. The predicted octanol–water partition coefficient (Wildman–Crippen LogP) is 4.61. The highest BCUT2D eigenvalue weighted by Gasteiger charge is 2.31. The number of nitrogens with zero attached hydrogens (tertiary/aromatic N) is 2. The third kappa shape index (κ3) is 2.38. The van der Waals surface area contributed by atoms with Crippen LogP contribution in [-0.4, -0.2) is 9.55 Å². The number of hydrogen-bond donors (Lipinski definition) is 1. The van der Waals surface area contributed by atoms with Crippen LogP contribution in [0, 0.1) is 0 Å². The van der Waals surface area contributed by atoms with Gasteiger partial charge in [-0.05, 0) is 25.0 Å². The Balaban J connectivity index is 2.13.